The molecule has 2 rings (SSSR count). The molecule has 14 heavy (non-hydrogen) atoms. The van der Waals surface area contributed by atoms with Crippen LogP contribution in [-0.2, 0) is 4.74 Å². The lowest BCUT2D eigenvalue weighted by atomic mass is 10.0. The predicted molar refractivity (Wildman–Crippen MR) is 57.2 cm³/mol. The van der Waals surface area contributed by atoms with Crippen molar-refractivity contribution in [2.24, 2.45) is 0 Å². The van der Waals surface area contributed by atoms with E-state index in [2.05, 4.69) is 31.0 Å². The van der Waals surface area contributed by atoms with Gasteiger partial charge >= 0.3 is 0 Å². The molecule has 0 aliphatic carbocycles. The number of nitrogens with one attached hydrogen (secondary N) is 1. The fourth-order valence-electron chi connectivity index (χ4n) is 2.89. The zero-order valence-corrected chi connectivity index (χ0v) is 9.55. The van der Waals surface area contributed by atoms with Crippen LogP contribution in [0.1, 0.15) is 33.6 Å². The van der Waals surface area contributed by atoms with Gasteiger partial charge in [0, 0.05) is 6.04 Å². The van der Waals surface area contributed by atoms with E-state index in [-0.39, 0.29) is 5.72 Å². The van der Waals surface area contributed by atoms with Crippen molar-refractivity contribution in [3.8, 4) is 0 Å². The smallest absolute Gasteiger partial charge is 0.132 e. The molecule has 2 heterocycles. The van der Waals surface area contributed by atoms with Gasteiger partial charge in [-0.3, -0.25) is 10.2 Å². The first kappa shape index (κ1) is 10.4. The summed E-state index contributed by atoms with van der Waals surface area (Å²) in [5.74, 6) is 0. The standard InChI is InChI=1S/C11H22N2O/c1-4-13-7-5-6-10(13)11(3)12-9(2)8-14-11/h9-10,12H,4-8H2,1-3H3. The van der Waals surface area contributed by atoms with Crippen LogP contribution in [0.4, 0.5) is 0 Å². The van der Waals surface area contributed by atoms with Crippen LogP contribution in [0.2, 0.25) is 0 Å². The minimum Gasteiger partial charge on any atom is -0.358 e. The van der Waals surface area contributed by atoms with Crippen LogP contribution >= 0.6 is 0 Å². The molecule has 3 unspecified atom stereocenters. The first-order valence-electron chi connectivity index (χ1n) is 5.81. The second kappa shape index (κ2) is 3.80. The lowest BCUT2D eigenvalue weighted by molar-refractivity contribution is -0.0526. The number of likely N-dealkylation sites (tertiary alicyclic amines) is 1. The molecule has 2 aliphatic rings. The Morgan fingerprint density at radius 1 is 1.57 bits per heavy atom. The third-order valence-corrected chi connectivity index (χ3v) is 3.57. The van der Waals surface area contributed by atoms with Gasteiger partial charge in [-0.15, -0.1) is 0 Å². The van der Waals surface area contributed by atoms with Crippen molar-refractivity contribution in [3.05, 3.63) is 0 Å². The minimum absolute atomic E-state index is 0.105. The molecule has 3 nitrogen and oxygen atoms in total. The molecule has 3 atom stereocenters. The zero-order valence-electron chi connectivity index (χ0n) is 9.55. The first-order chi connectivity index (χ1) is 6.65. The average molecular weight is 198 g/mol. The summed E-state index contributed by atoms with van der Waals surface area (Å²) in [7, 11) is 0. The highest BCUT2D eigenvalue weighted by Crippen LogP contribution is 2.30. The van der Waals surface area contributed by atoms with Crippen molar-refractivity contribution in [1.82, 2.24) is 10.2 Å². The van der Waals surface area contributed by atoms with E-state index in [0.29, 0.717) is 12.1 Å². The van der Waals surface area contributed by atoms with Gasteiger partial charge in [0.1, 0.15) is 5.72 Å². The minimum atomic E-state index is -0.105. The van der Waals surface area contributed by atoms with Gasteiger partial charge in [-0.25, -0.2) is 0 Å². The third kappa shape index (κ3) is 1.69. The first-order valence-corrected chi connectivity index (χ1v) is 5.81. The molecule has 3 heteroatoms. The van der Waals surface area contributed by atoms with Crippen LogP contribution in [0, 0.1) is 0 Å². The van der Waals surface area contributed by atoms with Crippen LogP contribution in [0.5, 0.6) is 0 Å². The predicted octanol–water partition coefficient (Wildman–Crippen LogP) is 1.20. The maximum atomic E-state index is 5.92. The van der Waals surface area contributed by atoms with E-state index in [1.165, 1.54) is 19.4 Å². The van der Waals surface area contributed by atoms with Crippen molar-refractivity contribution < 1.29 is 4.74 Å². The Kier molecular flexibility index (Phi) is 2.82. The Hall–Kier alpha value is -0.120. The van der Waals surface area contributed by atoms with Crippen LogP contribution in [0.3, 0.4) is 0 Å². The summed E-state index contributed by atoms with van der Waals surface area (Å²) in [4.78, 5) is 2.53. The van der Waals surface area contributed by atoms with Crippen molar-refractivity contribution in [2.75, 3.05) is 19.7 Å². The molecule has 2 aliphatic heterocycles. The molecular weight excluding hydrogens is 176 g/mol. The maximum Gasteiger partial charge on any atom is 0.132 e. The summed E-state index contributed by atoms with van der Waals surface area (Å²) >= 11 is 0. The normalized spacial score (nSPS) is 44.8. The maximum absolute atomic E-state index is 5.92. The SMILES string of the molecule is CCN1CCCC1C1(C)NC(C)CO1. The number of rotatable bonds is 2. The van der Waals surface area contributed by atoms with Gasteiger partial charge in [0.2, 0.25) is 0 Å². The van der Waals surface area contributed by atoms with Gasteiger partial charge in [-0.05, 0) is 39.8 Å². The summed E-state index contributed by atoms with van der Waals surface area (Å²) in [6, 6.07) is 1.07. The Labute approximate surface area is 86.8 Å². The van der Waals surface area contributed by atoms with E-state index in [4.69, 9.17) is 4.74 Å². The molecule has 2 saturated heterocycles. The number of nitrogens with zero attached hydrogens (tertiary/aromatic N) is 1. The van der Waals surface area contributed by atoms with Crippen LogP contribution in [0.25, 0.3) is 0 Å². The fraction of sp³-hybridized carbons (Fsp3) is 1.00. The van der Waals surface area contributed by atoms with Gasteiger partial charge in [0.25, 0.3) is 0 Å². The summed E-state index contributed by atoms with van der Waals surface area (Å²) in [5, 5.41) is 3.57. The highest BCUT2D eigenvalue weighted by molar-refractivity contribution is 4.97. The quantitative estimate of drug-likeness (QED) is 0.721. The molecule has 0 spiro atoms. The summed E-state index contributed by atoms with van der Waals surface area (Å²) in [6.45, 7) is 9.85. The Morgan fingerprint density at radius 3 is 2.93 bits per heavy atom. The topological polar surface area (TPSA) is 24.5 Å². The molecule has 0 radical (unpaired) electrons. The molecule has 0 aromatic rings. The van der Waals surface area contributed by atoms with E-state index >= 15 is 0 Å². The summed E-state index contributed by atoms with van der Waals surface area (Å²) in [5.41, 5.74) is -0.105. The lowest BCUT2D eigenvalue weighted by Gasteiger charge is -2.36. The van der Waals surface area contributed by atoms with Crippen molar-refractivity contribution >= 4 is 0 Å². The largest absolute Gasteiger partial charge is 0.358 e. The van der Waals surface area contributed by atoms with Crippen LogP contribution in [-0.4, -0.2) is 42.4 Å². The van der Waals surface area contributed by atoms with E-state index < -0.39 is 0 Å². The zero-order chi connectivity index (χ0) is 10.2. The van der Waals surface area contributed by atoms with Gasteiger partial charge in [0.05, 0.1) is 12.6 Å². The second-order valence-electron chi connectivity index (χ2n) is 4.75. The third-order valence-electron chi connectivity index (χ3n) is 3.57. The number of hydrogen-bond acceptors (Lipinski definition) is 3. The highest BCUT2D eigenvalue weighted by atomic mass is 16.5. The van der Waals surface area contributed by atoms with Crippen LogP contribution < -0.4 is 5.32 Å². The highest BCUT2D eigenvalue weighted by Gasteiger charge is 2.44. The number of ether oxygens (including phenoxy) is 1. The molecule has 0 aromatic heterocycles. The number of hydrogen-bond donors (Lipinski definition) is 1. The van der Waals surface area contributed by atoms with Gasteiger partial charge in [-0.2, -0.15) is 0 Å². The molecule has 82 valence electrons. The van der Waals surface area contributed by atoms with Crippen molar-refractivity contribution in [1.29, 1.82) is 0 Å². The molecular formula is C11H22N2O. The van der Waals surface area contributed by atoms with E-state index in [1.54, 1.807) is 0 Å². The Balaban J connectivity index is 2.06. The lowest BCUT2D eigenvalue weighted by Crippen LogP contribution is -2.55. The molecule has 0 amide bonds. The Morgan fingerprint density at radius 2 is 2.36 bits per heavy atom. The molecule has 0 saturated carbocycles. The van der Waals surface area contributed by atoms with E-state index in [9.17, 15) is 0 Å². The monoisotopic (exact) mass is 198 g/mol. The van der Waals surface area contributed by atoms with E-state index in [1.807, 2.05) is 0 Å². The van der Waals surface area contributed by atoms with Gasteiger partial charge < -0.3 is 4.74 Å². The van der Waals surface area contributed by atoms with Crippen LogP contribution in [0.15, 0.2) is 0 Å². The van der Waals surface area contributed by atoms with Gasteiger partial charge in [-0.1, -0.05) is 6.92 Å². The van der Waals surface area contributed by atoms with Crippen molar-refractivity contribution in [3.63, 3.8) is 0 Å². The molecule has 1 N–H and O–H groups in total. The fourth-order valence-corrected chi connectivity index (χ4v) is 2.89. The second-order valence-corrected chi connectivity index (χ2v) is 4.75. The molecule has 0 aromatic carbocycles. The average Bonchev–Trinajstić information content (AvgIpc) is 2.73. The number of likely N-dealkylation sites (N-methyl/N-ethyl adjacent to an activating group) is 1. The molecule has 0 bridgehead atoms. The molecule has 2 fully saturated rings. The van der Waals surface area contributed by atoms with Crippen molar-refractivity contribution in [2.45, 2.75) is 51.4 Å². The summed E-state index contributed by atoms with van der Waals surface area (Å²) < 4.78 is 5.92. The van der Waals surface area contributed by atoms with E-state index in [0.717, 1.165) is 13.2 Å². The summed E-state index contributed by atoms with van der Waals surface area (Å²) in [6.07, 6.45) is 2.58. The Bertz CT molecular complexity index is 209. The van der Waals surface area contributed by atoms with Gasteiger partial charge in [0.15, 0.2) is 0 Å².